The van der Waals surface area contributed by atoms with Gasteiger partial charge < -0.3 is 14.8 Å². The van der Waals surface area contributed by atoms with Gasteiger partial charge in [0.25, 0.3) is 5.91 Å². The lowest BCUT2D eigenvalue weighted by atomic mass is 9.95. The first-order valence-corrected chi connectivity index (χ1v) is 15.8. The maximum absolute atomic E-state index is 13.8. The lowest BCUT2D eigenvalue weighted by Crippen LogP contribution is -2.48. The molecular formula is C34H38N4O3S. The number of nitrogens with zero attached hydrogens (tertiary/aromatic N) is 3. The zero-order valence-corrected chi connectivity index (χ0v) is 25.2. The van der Waals surface area contributed by atoms with Crippen LogP contribution in [0, 0.1) is 6.92 Å². The lowest BCUT2D eigenvalue weighted by molar-refractivity contribution is 0.0346. The van der Waals surface area contributed by atoms with E-state index in [1.165, 1.54) is 9.75 Å². The molecule has 218 valence electrons. The van der Waals surface area contributed by atoms with Crippen LogP contribution in [0.4, 0.5) is 0 Å². The fourth-order valence-corrected chi connectivity index (χ4v) is 7.14. The van der Waals surface area contributed by atoms with Crippen molar-refractivity contribution in [2.75, 3.05) is 46.5 Å². The molecule has 1 atom stereocenters. The SMILES string of the molecule is Cc1ccc(OC[C@@H]2CCN2C)cc1C(=O)NC1(c2cc(-c3ccc(CN4CCOCC4)s3)cc3ncccc23)CC1. The van der Waals surface area contributed by atoms with E-state index < -0.39 is 5.54 Å². The van der Waals surface area contributed by atoms with Crippen LogP contribution in [0.3, 0.4) is 0 Å². The van der Waals surface area contributed by atoms with Crippen molar-refractivity contribution in [3.8, 4) is 16.2 Å². The summed E-state index contributed by atoms with van der Waals surface area (Å²) >= 11 is 1.84. The molecule has 1 aliphatic carbocycles. The van der Waals surface area contributed by atoms with Crippen molar-refractivity contribution in [3.05, 3.63) is 82.4 Å². The van der Waals surface area contributed by atoms with Crippen LogP contribution in [0.5, 0.6) is 5.75 Å². The number of hydrogen-bond acceptors (Lipinski definition) is 7. The summed E-state index contributed by atoms with van der Waals surface area (Å²) in [5.74, 6) is 0.695. The summed E-state index contributed by atoms with van der Waals surface area (Å²) in [6.07, 6.45) is 4.81. The third-order valence-electron chi connectivity index (χ3n) is 9.10. The van der Waals surface area contributed by atoms with Gasteiger partial charge in [-0.3, -0.25) is 19.6 Å². The summed E-state index contributed by atoms with van der Waals surface area (Å²) < 4.78 is 11.6. The first-order chi connectivity index (χ1) is 20.5. The highest BCUT2D eigenvalue weighted by molar-refractivity contribution is 7.15. The van der Waals surface area contributed by atoms with E-state index in [1.807, 2.05) is 48.7 Å². The third-order valence-corrected chi connectivity index (χ3v) is 10.2. The van der Waals surface area contributed by atoms with Gasteiger partial charge in [0.15, 0.2) is 0 Å². The Morgan fingerprint density at radius 3 is 2.74 bits per heavy atom. The molecule has 0 radical (unpaired) electrons. The summed E-state index contributed by atoms with van der Waals surface area (Å²) in [6.45, 7) is 8.27. The van der Waals surface area contributed by atoms with Gasteiger partial charge in [0.2, 0.25) is 0 Å². The summed E-state index contributed by atoms with van der Waals surface area (Å²) in [7, 11) is 2.12. The van der Waals surface area contributed by atoms with E-state index in [0.29, 0.717) is 18.2 Å². The third kappa shape index (κ3) is 5.56. The highest BCUT2D eigenvalue weighted by atomic mass is 32.1. The van der Waals surface area contributed by atoms with Gasteiger partial charge in [-0.2, -0.15) is 0 Å². The Hall–Kier alpha value is -3.30. The van der Waals surface area contributed by atoms with Crippen LogP contribution < -0.4 is 10.1 Å². The largest absolute Gasteiger partial charge is 0.492 e. The maximum Gasteiger partial charge on any atom is 0.252 e. The molecule has 42 heavy (non-hydrogen) atoms. The fraction of sp³-hybridized carbons (Fsp3) is 0.412. The van der Waals surface area contributed by atoms with Crippen LogP contribution in [0.1, 0.15) is 45.6 Å². The number of morpholine rings is 1. The molecule has 3 fully saturated rings. The molecule has 0 bridgehead atoms. The van der Waals surface area contributed by atoms with Crippen molar-refractivity contribution in [2.45, 2.75) is 44.3 Å². The molecule has 1 saturated carbocycles. The molecular weight excluding hydrogens is 544 g/mol. The van der Waals surface area contributed by atoms with Crippen molar-refractivity contribution in [1.82, 2.24) is 20.1 Å². The van der Waals surface area contributed by atoms with E-state index in [-0.39, 0.29) is 5.91 Å². The lowest BCUT2D eigenvalue weighted by Gasteiger charge is -2.37. The zero-order valence-electron chi connectivity index (χ0n) is 24.4. The summed E-state index contributed by atoms with van der Waals surface area (Å²) in [5, 5.41) is 4.55. The molecule has 7 nitrogen and oxygen atoms in total. The number of ether oxygens (including phenoxy) is 2. The monoisotopic (exact) mass is 582 g/mol. The van der Waals surface area contributed by atoms with Crippen molar-refractivity contribution in [3.63, 3.8) is 0 Å². The average molecular weight is 583 g/mol. The highest BCUT2D eigenvalue weighted by Gasteiger charge is 2.47. The average Bonchev–Trinajstić information content (AvgIpc) is 3.63. The second kappa shape index (κ2) is 11.4. The van der Waals surface area contributed by atoms with Crippen LogP contribution in [0.15, 0.2) is 60.8 Å². The van der Waals surface area contributed by atoms with Gasteiger partial charge >= 0.3 is 0 Å². The van der Waals surface area contributed by atoms with Gasteiger partial charge in [0, 0.05) is 52.6 Å². The number of nitrogens with one attached hydrogen (secondary N) is 1. The predicted octanol–water partition coefficient (Wildman–Crippen LogP) is 5.61. The zero-order chi connectivity index (χ0) is 28.7. The minimum Gasteiger partial charge on any atom is -0.492 e. The predicted molar refractivity (Wildman–Crippen MR) is 167 cm³/mol. The standard InChI is InChI=1S/C34H38N4O3S/c1-23-5-6-26(41-22-25-9-13-37(25)2)20-29(23)33(39)36-34(10-11-34)30-18-24(19-31-28(30)4-3-12-35-31)32-8-7-27(42-32)21-38-14-16-40-17-15-38/h3-8,12,18-20,25H,9-11,13-17,21-22H2,1-2H3,(H,36,39)/t25-/m0/s1. The number of amides is 1. The first kappa shape index (κ1) is 27.5. The summed E-state index contributed by atoms with van der Waals surface area (Å²) in [4.78, 5) is 25.9. The Labute approximate surface area is 251 Å². The van der Waals surface area contributed by atoms with Gasteiger partial charge in [-0.05, 0) is 98.9 Å². The minimum absolute atomic E-state index is 0.0532. The quantitative estimate of drug-likeness (QED) is 0.277. The van der Waals surface area contributed by atoms with Crippen molar-refractivity contribution >= 4 is 28.1 Å². The van der Waals surface area contributed by atoms with Gasteiger partial charge in [-0.25, -0.2) is 0 Å². The van der Waals surface area contributed by atoms with Gasteiger partial charge in [-0.15, -0.1) is 11.3 Å². The highest BCUT2D eigenvalue weighted by Crippen LogP contribution is 2.49. The Bertz CT molecular complexity index is 1610. The van der Waals surface area contributed by atoms with Crippen LogP contribution in [-0.2, 0) is 16.8 Å². The minimum atomic E-state index is -0.403. The van der Waals surface area contributed by atoms with Crippen molar-refractivity contribution in [1.29, 1.82) is 0 Å². The van der Waals surface area contributed by atoms with E-state index >= 15 is 0 Å². The Kier molecular flexibility index (Phi) is 7.48. The van der Waals surface area contributed by atoms with E-state index in [1.54, 1.807) is 0 Å². The van der Waals surface area contributed by atoms with Crippen LogP contribution in [0.25, 0.3) is 21.3 Å². The van der Waals surface area contributed by atoms with E-state index in [2.05, 4.69) is 52.5 Å². The van der Waals surface area contributed by atoms with Crippen LogP contribution in [0.2, 0.25) is 0 Å². The molecule has 7 rings (SSSR count). The number of hydrogen-bond donors (Lipinski definition) is 1. The maximum atomic E-state index is 13.8. The molecule has 4 heterocycles. The number of likely N-dealkylation sites (N-methyl/N-ethyl adjacent to an activating group) is 1. The number of likely N-dealkylation sites (tertiary alicyclic amines) is 1. The topological polar surface area (TPSA) is 66.9 Å². The molecule has 2 aromatic heterocycles. The summed E-state index contributed by atoms with van der Waals surface area (Å²) in [5.41, 5.74) is 4.48. The number of carbonyl (C=O) groups is 1. The van der Waals surface area contributed by atoms with Gasteiger partial charge in [0.1, 0.15) is 12.4 Å². The summed E-state index contributed by atoms with van der Waals surface area (Å²) in [6, 6.07) is 19.4. The van der Waals surface area contributed by atoms with E-state index in [0.717, 1.165) is 92.0 Å². The number of fused-ring (bicyclic) bond motifs is 1. The number of carbonyl (C=O) groups excluding carboxylic acids is 1. The molecule has 2 aliphatic heterocycles. The Morgan fingerprint density at radius 1 is 1.12 bits per heavy atom. The number of benzene rings is 2. The molecule has 8 heteroatoms. The Balaban J connectivity index is 1.14. The second-order valence-corrected chi connectivity index (χ2v) is 13.2. The first-order valence-electron chi connectivity index (χ1n) is 15.0. The van der Waals surface area contributed by atoms with Gasteiger partial charge in [0.05, 0.1) is 24.3 Å². The smallest absolute Gasteiger partial charge is 0.252 e. The molecule has 4 aromatic rings. The number of pyridine rings is 1. The number of thiophene rings is 1. The second-order valence-electron chi connectivity index (χ2n) is 12.0. The normalized spacial score (nSPS) is 20.3. The molecule has 2 saturated heterocycles. The number of aromatic nitrogens is 1. The van der Waals surface area contributed by atoms with E-state index in [9.17, 15) is 4.79 Å². The van der Waals surface area contributed by atoms with Gasteiger partial charge in [-0.1, -0.05) is 12.1 Å². The van der Waals surface area contributed by atoms with Crippen molar-refractivity contribution in [2.24, 2.45) is 0 Å². The van der Waals surface area contributed by atoms with E-state index in [4.69, 9.17) is 14.5 Å². The molecule has 1 N–H and O–H groups in total. The Morgan fingerprint density at radius 2 is 1.98 bits per heavy atom. The van der Waals surface area contributed by atoms with Crippen LogP contribution in [-0.4, -0.2) is 73.2 Å². The molecule has 1 amide bonds. The molecule has 0 unspecified atom stereocenters. The van der Waals surface area contributed by atoms with Crippen LogP contribution >= 0.6 is 11.3 Å². The van der Waals surface area contributed by atoms with Crippen molar-refractivity contribution < 1.29 is 14.3 Å². The number of rotatable bonds is 9. The number of aryl methyl sites for hydroxylation is 1. The molecule has 0 spiro atoms. The fourth-order valence-electron chi connectivity index (χ4n) is 6.10. The molecule has 3 aliphatic rings. The molecule has 2 aromatic carbocycles.